The van der Waals surface area contributed by atoms with E-state index in [0.717, 1.165) is 30.2 Å². The molecular weight excluding hydrogens is 415 g/mol. The van der Waals surface area contributed by atoms with Gasteiger partial charge in [0.05, 0.1) is 23.4 Å². The zero-order valence-electron chi connectivity index (χ0n) is 10.2. The summed E-state index contributed by atoms with van der Waals surface area (Å²) in [4.78, 5) is 1.05. The molecule has 2 nitrogen and oxygen atoms in total. The number of hydrogen-bond donors (Lipinski definition) is 0. The second-order valence-corrected chi connectivity index (χ2v) is 7.47. The SMILES string of the molecule is COc1cc(OC)cc(C(Cl)c2cc(Br)c(Br)s2)c1. The van der Waals surface area contributed by atoms with Gasteiger partial charge < -0.3 is 9.47 Å². The van der Waals surface area contributed by atoms with Gasteiger partial charge in [0, 0.05) is 15.4 Å². The smallest absolute Gasteiger partial charge is 0.122 e. The first-order valence-corrected chi connectivity index (χ1v) is 8.20. The molecule has 0 amide bonds. The minimum absolute atomic E-state index is 0.239. The molecule has 1 unspecified atom stereocenters. The fraction of sp³-hybridized carbons (Fsp3) is 0.231. The van der Waals surface area contributed by atoms with E-state index in [1.807, 2.05) is 24.3 Å². The van der Waals surface area contributed by atoms with Crippen molar-refractivity contribution in [3.63, 3.8) is 0 Å². The molecule has 0 spiro atoms. The van der Waals surface area contributed by atoms with E-state index in [9.17, 15) is 0 Å². The summed E-state index contributed by atoms with van der Waals surface area (Å²) in [6.07, 6.45) is 0. The predicted octanol–water partition coefficient (Wildman–Crippen LogP) is 5.62. The van der Waals surface area contributed by atoms with Gasteiger partial charge in [0.25, 0.3) is 0 Å². The summed E-state index contributed by atoms with van der Waals surface area (Å²) < 4.78 is 12.6. The third-order valence-electron chi connectivity index (χ3n) is 2.58. The molecule has 2 aromatic rings. The van der Waals surface area contributed by atoms with Crippen molar-refractivity contribution in [3.05, 3.63) is 43.0 Å². The summed E-state index contributed by atoms with van der Waals surface area (Å²) in [6, 6.07) is 7.68. The lowest BCUT2D eigenvalue weighted by Gasteiger charge is -2.12. The third-order valence-corrected chi connectivity index (χ3v) is 6.52. The zero-order valence-corrected chi connectivity index (χ0v) is 15.0. The van der Waals surface area contributed by atoms with Crippen LogP contribution < -0.4 is 9.47 Å². The highest BCUT2D eigenvalue weighted by Gasteiger charge is 2.17. The Bertz CT molecular complexity index is 544. The Morgan fingerprint density at radius 3 is 2.05 bits per heavy atom. The molecule has 0 saturated heterocycles. The van der Waals surface area contributed by atoms with Crippen molar-refractivity contribution in [1.82, 2.24) is 0 Å². The highest BCUT2D eigenvalue weighted by Crippen LogP contribution is 2.41. The quantitative estimate of drug-likeness (QED) is 0.591. The lowest BCUT2D eigenvalue weighted by molar-refractivity contribution is 0.393. The number of hydrogen-bond acceptors (Lipinski definition) is 3. The number of ether oxygens (including phenoxy) is 2. The molecule has 2 rings (SSSR count). The van der Waals surface area contributed by atoms with Gasteiger partial charge >= 0.3 is 0 Å². The highest BCUT2D eigenvalue weighted by atomic mass is 79.9. The van der Waals surface area contributed by atoms with Crippen molar-refractivity contribution in [2.75, 3.05) is 14.2 Å². The first-order valence-electron chi connectivity index (χ1n) is 5.37. The average molecular weight is 427 g/mol. The number of benzene rings is 1. The van der Waals surface area contributed by atoms with E-state index in [1.54, 1.807) is 25.6 Å². The van der Waals surface area contributed by atoms with E-state index in [0.29, 0.717) is 0 Å². The van der Waals surface area contributed by atoms with Crippen LogP contribution in [0.1, 0.15) is 15.8 Å². The molecule has 1 heterocycles. The minimum atomic E-state index is -0.239. The number of alkyl halides is 1. The monoisotopic (exact) mass is 424 g/mol. The standard InChI is InChI=1S/C13H11Br2ClO2S/c1-17-8-3-7(4-9(5-8)18-2)12(16)11-6-10(14)13(15)19-11/h3-6,12H,1-2H3. The van der Waals surface area contributed by atoms with Gasteiger partial charge in [-0.2, -0.15) is 0 Å². The van der Waals surface area contributed by atoms with E-state index in [2.05, 4.69) is 31.9 Å². The van der Waals surface area contributed by atoms with E-state index in [-0.39, 0.29) is 5.38 Å². The van der Waals surface area contributed by atoms with Crippen LogP contribution in [0.4, 0.5) is 0 Å². The molecule has 0 N–H and O–H groups in total. The first-order chi connectivity index (χ1) is 9.05. The molecule has 0 bridgehead atoms. The summed E-state index contributed by atoms with van der Waals surface area (Å²) in [7, 11) is 3.25. The van der Waals surface area contributed by atoms with Crippen molar-refractivity contribution in [2.45, 2.75) is 5.38 Å². The van der Waals surface area contributed by atoms with Crippen LogP contribution in [0.25, 0.3) is 0 Å². The Kier molecular flexibility index (Phi) is 5.17. The van der Waals surface area contributed by atoms with Gasteiger partial charge in [-0.15, -0.1) is 22.9 Å². The average Bonchev–Trinajstić information content (AvgIpc) is 2.77. The van der Waals surface area contributed by atoms with Crippen molar-refractivity contribution >= 4 is 54.8 Å². The van der Waals surface area contributed by atoms with Gasteiger partial charge in [-0.05, 0) is 55.6 Å². The molecule has 1 atom stereocenters. The number of thiophene rings is 1. The maximum Gasteiger partial charge on any atom is 0.122 e. The summed E-state index contributed by atoms with van der Waals surface area (Å²) >= 11 is 15.1. The van der Waals surface area contributed by atoms with Gasteiger partial charge in [-0.3, -0.25) is 0 Å². The topological polar surface area (TPSA) is 18.5 Å². The summed E-state index contributed by atoms with van der Waals surface area (Å²) in [5.41, 5.74) is 0.944. The molecule has 0 fully saturated rings. The van der Waals surface area contributed by atoms with Crippen LogP contribution in [0.3, 0.4) is 0 Å². The van der Waals surface area contributed by atoms with E-state index >= 15 is 0 Å². The first kappa shape index (κ1) is 15.2. The van der Waals surface area contributed by atoms with Crippen LogP contribution in [-0.2, 0) is 0 Å². The van der Waals surface area contributed by atoms with Crippen molar-refractivity contribution in [3.8, 4) is 11.5 Å². The van der Waals surface area contributed by atoms with E-state index in [1.165, 1.54) is 0 Å². The molecule has 1 aromatic carbocycles. The normalized spacial score (nSPS) is 12.3. The molecule has 0 aliphatic heterocycles. The van der Waals surface area contributed by atoms with Crippen molar-refractivity contribution in [2.24, 2.45) is 0 Å². The molecule has 0 aliphatic carbocycles. The molecule has 0 saturated carbocycles. The maximum absolute atomic E-state index is 6.53. The Morgan fingerprint density at radius 1 is 1.05 bits per heavy atom. The minimum Gasteiger partial charge on any atom is -0.497 e. The van der Waals surface area contributed by atoms with Crippen LogP contribution in [0.5, 0.6) is 11.5 Å². The molecule has 1 aromatic heterocycles. The Balaban J connectivity index is 2.39. The lowest BCUT2D eigenvalue weighted by atomic mass is 10.1. The second kappa shape index (κ2) is 6.48. The van der Waals surface area contributed by atoms with Crippen LogP contribution in [0, 0.1) is 0 Å². The third kappa shape index (κ3) is 3.45. The van der Waals surface area contributed by atoms with Crippen LogP contribution >= 0.6 is 54.8 Å². The van der Waals surface area contributed by atoms with Crippen LogP contribution in [-0.4, -0.2) is 14.2 Å². The summed E-state index contributed by atoms with van der Waals surface area (Å²) in [5, 5.41) is -0.239. The molecule has 0 aliphatic rings. The Labute approximate surface area is 137 Å². The van der Waals surface area contributed by atoms with Gasteiger partial charge in [-0.25, -0.2) is 0 Å². The van der Waals surface area contributed by atoms with Gasteiger partial charge in [-0.1, -0.05) is 0 Å². The van der Waals surface area contributed by atoms with E-state index in [4.69, 9.17) is 21.1 Å². The van der Waals surface area contributed by atoms with Gasteiger partial charge in [0.1, 0.15) is 11.5 Å². The molecule has 19 heavy (non-hydrogen) atoms. The number of methoxy groups -OCH3 is 2. The molecular formula is C13H11Br2ClO2S. The fourth-order valence-electron chi connectivity index (χ4n) is 1.63. The zero-order chi connectivity index (χ0) is 14.0. The highest BCUT2D eigenvalue weighted by molar-refractivity contribution is 9.13. The van der Waals surface area contributed by atoms with Gasteiger partial charge in [0.2, 0.25) is 0 Å². The fourth-order valence-corrected chi connectivity index (χ4v) is 4.05. The van der Waals surface area contributed by atoms with Crippen LogP contribution in [0.15, 0.2) is 32.5 Å². The number of rotatable bonds is 4. The predicted molar refractivity (Wildman–Crippen MR) is 87.0 cm³/mol. The van der Waals surface area contributed by atoms with Crippen molar-refractivity contribution < 1.29 is 9.47 Å². The lowest BCUT2D eigenvalue weighted by Crippen LogP contribution is -1.94. The molecule has 102 valence electrons. The van der Waals surface area contributed by atoms with E-state index < -0.39 is 0 Å². The maximum atomic E-state index is 6.53. The Hall–Kier alpha value is -0.230. The van der Waals surface area contributed by atoms with Crippen LogP contribution in [0.2, 0.25) is 0 Å². The Morgan fingerprint density at radius 2 is 1.63 bits per heavy atom. The largest absolute Gasteiger partial charge is 0.497 e. The molecule has 6 heteroatoms. The summed E-state index contributed by atoms with van der Waals surface area (Å²) in [5.74, 6) is 1.46. The molecule has 0 radical (unpaired) electrons. The van der Waals surface area contributed by atoms with Gasteiger partial charge in [0.15, 0.2) is 0 Å². The van der Waals surface area contributed by atoms with Crippen molar-refractivity contribution in [1.29, 1.82) is 0 Å². The number of halogens is 3. The summed E-state index contributed by atoms with van der Waals surface area (Å²) in [6.45, 7) is 0. The second-order valence-electron chi connectivity index (χ2n) is 3.78.